The summed E-state index contributed by atoms with van der Waals surface area (Å²) in [5, 5.41) is 9.93. The molecule has 0 radical (unpaired) electrons. The van der Waals surface area contributed by atoms with Crippen molar-refractivity contribution in [1.82, 2.24) is 0 Å². The van der Waals surface area contributed by atoms with E-state index in [4.69, 9.17) is 10.1 Å². The number of rotatable bonds is 2. The van der Waals surface area contributed by atoms with E-state index in [0.29, 0.717) is 12.3 Å². The summed E-state index contributed by atoms with van der Waals surface area (Å²) in [6, 6.07) is 14.3. The van der Waals surface area contributed by atoms with Gasteiger partial charge >= 0.3 is 0 Å². The number of hydrogen-bond acceptors (Lipinski definition) is 2. The fourth-order valence-corrected chi connectivity index (χ4v) is 1.69. The Labute approximate surface area is 101 Å². The first-order valence-corrected chi connectivity index (χ1v) is 4.89. The van der Waals surface area contributed by atoms with Crippen LogP contribution in [0.3, 0.4) is 0 Å². The first kappa shape index (κ1) is 12.5. The fourth-order valence-electron chi connectivity index (χ4n) is 1.69. The van der Waals surface area contributed by atoms with Crippen LogP contribution < -0.4 is 0 Å². The molecule has 0 heterocycles. The zero-order valence-electron chi connectivity index (χ0n) is 9.07. The van der Waals surface area contributed by atoms with E-state index in [9.17, 15) is 0 Å². The lowest BCUT2D eigenvalue weighted by atomic mass is 10.0. The fraction of sp³-hybridized carbons (Fsp3) is 0.154. The highest BCUT2D eigenvalue weighted by Gasteiger charge is 2.03. The molecule has 0 saturated heterocycles. The van der Waals surface area contributed by atoms with Crippen LogP contribution in [0, 0.1) is 5.41 Å². The average molecular weight is 236 g/mol. The van der Waals surface area contributed by atoms with Gasteiger partial charge in [0.05, 0.1) is 7.11 Å². The van der Waals surface area contributed by atoms with Crippen molar-refractivity contribution < 1.29 is 4.74 Å². The Kier molecular flexibility index (Phi) is 4.32. The minimum atomic E-state index is 0. The van der Waals surface area contributed by atoms with Gasteiger partial charge in [0.15, 0.2) is 5.90 Å². The molecule has 0 bridgehead atoms. The zero-order chi connectivity index (χ0) is 10.7. The van der Waals surface area contributed by atoms with Gasteiger partial charge < -0.3 is 4.74 Å². The molecular weight excluding hydrogens is 222 g/mol. The second-order valence-electron chi connectivity index (χ2n) is 3.44. The molecule has 0 aliphatic rings. The molecule has 16 heavy (non-hydrogen) atoms. The largest absolute Gasteiger partial charge is 0.484 e. The summed E-state index contributed by atoms with van der Waals surface area (Å²) >= 11 is 0. The molecule has 1 N–H and O–H groups in total. The quantitative estimate of drug-likeness (QED) is 0.628. The third-order valence-electron chi connectivity index (χ3n) is 2.48. The minimum absolute atomic E-state index is 0. The van der Waals surface area contributed by atoms with Crippen molar-refractivity contribution in [3.05, 3.63) is 48.0 Å². The Morgan fingerprint density at radius 3 is 2.56 bits per heavy atom. The van der Waals surface area contributed by atoms with Crippen molar-refractivity contribution in [2.45, 2.75) is 6.42 Å². The Bertz CT molecular complexity index is 491. The Balaban J connectivity index is 0.00000128. The van der Waals surface area contributed by atoms with Gasteiger partial charge in [-0.15, -0.1) is 12.4 Å². The van der Waals surface area contributed by atoms with Crippen LogP contribution in [0.5, 0.6) is 0 Å². The number of methoxy groups -OCH3 is 1. The highest BCUT2D eigenvalue weighted by atomic mass is 35.5. The van der Waals surface area contributed by atoms with E-state index in [-0.39, 0.29) is 12.4 Å². The van der Waals surface area contributed by atoms with Crippen molar-refractivity contribution in [3.63, 3.8) is 0 Å². The molecule has 2 aromatic rings. The van der Waals surface area contributed by atoms with Crippen LogP contribution in [0.4, 0.5) is 0 Å². The van der Waals surface area contributed by atoms with Crippen molar-refractivity contribution in [2.24, 2.45) is 0 Å². The van der Waals surface area contributed by atoms with E-state index in [2.05, 4.69) is 18.2 Å². The zero-order valence-corrected chi connectivity index (χ0v) is 9.88. The first-order chi connectivity index (χ1) is 7.31. The maximum atomic E-state index is 7.53. The molecule has 2 rings (SSSR count). The number of benzene rings is 2. The summed E-state index contributed by atoms with van der Waals surface area (Å²) < 4.78 is 4.89. The predicted octanol–water partition coefficient (Wildman–Crippen LogP) is 3.43. The van der Waals surface area contributed by atoms with Gasteiger partial charge in [-0.25, -0.2) is 0 Å². The molecular formula is C13H14ClNO. The number of ether oxygens (including phenoxy) is 1. The van der Waals surface area contributed by atoms with Crippen LogP contribution in [0.2, 0.25) is 0 Å². The molecule has 0 unspecified atom stereocenters. The van der Waals surface area contributed by atoms with E-state index in [0.717, 1.165) is 5.56 Å². The third-order valence-corrected chi connectivity index (χ3v) is 2.48. The van der Waals surface area contributed by atoms with Crippen molar-refractivity contribution in [2.75, 3.05) is 7.11 Å². The second kappa shape index (κ2) is 5.52. The summed E-state index contributed by atoms with van der Waals surface area (Å²) in [5.41, 5.74) is 1.14. The summed E-state index contributed by atoms with van der Waals surface area (Å²) in [6.07, 6.45) is 0.553. The summed E-state index contributed by atoms with van der Waals surface area (Å²) in [7, 11) is 1.54. The van der Waals surface area contributed by atoms with Crippen LogP contribution in [0.1, 0.15) is 5.56 Å². The van der Waals surface area contributed by atoms with Crippen LogP contribution >= 0.6 is 12.4 Å². The standard InChI is InChI=1S/C13H13NO.ClH/c1-15-13(14)9-11-7-4-6-10-5-2-3-8-12(10)11;/h2-8,14H,9H2,1H3;1H. The highest BCUT2D eigenvalue weighted by molar-refractivity contribution is 5.89. The van der Waals surface area contributed by atoms with Gasteiger partial charge in [0.25, 0.3) is 0 Å². The Morgan fingerprint density at radius 1 is 1.12 bits per heavy atom. The summed E-state index contributed by atoms with van der Waals surface area (Å²) in [5.74, 6) is 0.298. The van der Waals surface area contributed by atoms with Crippen LogP contribution in [0.15, 0.2) is 42.5 Å². The summed E-state index contributed by atoms with van der Waals surface area (Å²) in [4.78, 5) is 0. The van der Waals surface area contributed by atoms with Crippen LogP contribution in [-0.2, 0) is 11.2 Å². The van der Waals surface area contributed by atoms with Gasteiger partial charge in [0.1, 0.15) is 0 Å². The molecule has 0 fully saturated rings. The van der Waals surface area contributed by atoms with E-state index < -0.39 is 0 Å². The molecule has 0 aliphatic heterocycles. The van der Waals surface area contributed by atoms with Gasteiger partial charge in [0.2, 0.25) is 0 Å². The molecule has 0 aliphatic carbocycles. The SMILES string of the molecule is COC(=N)Cc1cccc2ccccc12.Cl. The van der Waals surface area contributed by atoms with E-state index in [1.54, 1.807) is 0 Å². The topological polar surface area (TPSA) is 33.1 Å². The second-order valence-corrected chi connectivity index (χ2v) is 3.44. The Hall–Kier alpha value is -1.54. The average Bonchev–Trinajstić information content (AvgIpc) is 2.29. The van der Waals surface area contributed by atoms with E-state index in [1.165, 1.54) is 17.9 Å². The molecule has 0 spiro atoms. The minimum Gasteiger partial charge on any atom is -0.484 e. The normalized spacial score (nSPS) is 9.56. The number of halogens is 1. The molecule has 84 valence electrons. The van der Waals surface area contributed by atoms with Crippen LogP contribution in [-0.4, -0.2) is 13.0 Å². The first-order valence-electron chi connectivity index (χ1n) is 4.89. The molecule has 2 nitrogen and oxygen atoms in total. The van der Waals surface area contributed by atoms with E-state index in [1.807, 2.05) is 24.3 Å². The maximum Gasteiger partial charge on any atom is 0.184 e. The van der Waals surface area contributed by atoms with Gasteiger partial charge in [0, 0.05) is 6.42 Å². The van der Waals surface area contributed by atoms with Crippen molar-refractivity contribution in [3.8, 4) is 0 Å². The van der Waals surface area contributed by atoms with Gasteiger partial charge in [-0.2, -0.15) is 0 Å². The van der Waals surface area contributed by atoms with Crippen LogP contribution in [0.25, 0.3) is 10.8 Å². The smallest absolute Gasteiger partial charge is 0.184 e. The third kappa shape index (κ3) is 2.52. The van der Waals surface area contributed by atoms with Gasteiger partial charge in [-0.1, -0.05) is 42.5 Å². The molecule has 2 aromatic carbocycles. The van der Waals surface area contributed by atoms with E-state index >= 15 is 0 Å². The predicted molar refractivity (Wildman–Crippen MR) is 69.6 cm³/mol. The van der Waals surface area contributed by atoms with Gasteiger partial charge in [-0.05, 0) is 16.3 Å². The number of nitrogens with one attached hydrogen (secondary N) is 1. The molecule has 0 amide bonds. The molecule has 3 heteroatoms. The number of hydrogen-bond donors (Lipinski definition) is 1. The maximum absolute atomic E-state index is 7.53. The van der Waals surface area contributed by atoms with Crippen molar-refractivity contribution in [1.29, 1.82) is 5.41 Å². The monoisotopic (exact) mass is 235 g/mol. The number of fused-ring (bicyclic) bond motifs is 1. The lowest BCUT2D eigenvalue weighted by Crippen LogP contribution is -2.03. The molecule has 0 saturated carbocycles. The highest BCUT2D eigenvalue weighted by Crippen LogP contribution is 2.18. The van der Waals surface area contributed by atoms with Gasteiger partial charge in [-0.3, -0.25) is 5.41 Å². The molecule has 0 aromatic heterocycles. The lowest BCUT2D eigenvalue weighted by Gasteiger charge is -2.06. The molecule has 0 atom stereocenters. The summed E-state index contributed by atoms with van der Waals surface area (Å²) in [6.45, 7) is 0. The van der Waals surface area contributed by atoms with Crippen molar-refractivity contribution >= 4 is 29.1 Å². The lowest BCUT2D eigenvalue weighted by molar-refractivity contribution is 0.390. The Morgan fingerprint density at radius 2 is 1.81 bits per heavy atom.